The van der Waals surface area contributed by atoms with Gasteiger partial charge >= 0.3 is 0 Å². The Labute approximate surface area is 116 Å². The Hall–Kier alpha value is -1.16. The Bertz CT molecular complexity index is 571. The van der Waals surface area contributed by atoms with Crippen molar-refractivity contribution in [2.24, 2.45) is 0 Å². The minimum atomic E-state index is -3.28. The molecule has 0 aliphatic heterocycles. The molecule has 0 fully saturated rings. The van der Waals surface area contributed by atoms with Crippen LogP contribution in [0.3, 0.4) is 0 Å². The van der Waals surface area contributed by atoms with E-state index in [2.05, 4.69) is 0 Å². The molecule has 0 aliphatic carbocycles. The molecule has 106 valence electrons. The molecule has 0 spiro atoms. The Morgan fingerprint density at radius 2 is 1.63 bits per heavy atom. The topological polar surface area (TPSA) is 51.2 Å². The summed E-state index contributed by atoms with van der Waals surface area (Å²) in [5.41, 5.74) is 3.50. The monoisotopic (exact) mass is 282 g/mol. The average molecular weight is 282 g/mol. The highest BCUT2D eigenvalue weighted by Crippen LogP contribution is 2.16. The highest BCUT2D eigenvalue weighted by Gasteiger charge is 2.19. The summed E-state index contributed by atoms with van der Waals surface area (Å²) in [5, 5.41) is 0. The summed E-state index contributed by atoms with van der Waals surface area (Å²) in [6.07, 6.45) is 1.43. The van der Waals surface area contributed by atoms with Crippen LogP contribution >= 0.6 is 0 Å². The second kappa shape index (κ2) is 6.33. The number of benzene rings is 1. The molecule has 4 heteroatoms. The fraction of sp³-hybridized carbons (Fsp3) is 0.533. The van der Waals surface area contributed by atoms with Gasteiger partial charge < -0.3 is 0 Å². The van der Waals surface area contributed by atoms with Gasteiger partial charge in [0, 0.05) is 5.56 Å². The molecular formula is C15H22O3S. The van der Waals surface area contributed by atoms with Crippen molar-refractivity contribution in [3.8, 4) is 0 Å². The Balaban J connectivity index is 2.93. The van der Waals surface area contributed by atoms with Gasteiger partial charge in [-0.3, -0.25) is 4.79 Å². The smallest absolute Gasteiger partial charge is 0.178 e. The molecule has 3 nitrogen and oxygen atoms in total. The van der Waals surface area contributed by atoms with E-state index in [4.69, 9.17) is 0 Å². The normalized spacial score (nSPS) is 11.6. The SMILES string of the molecule is CCCCS(=O)(=O)CC(=O)c1cc(C)c(C)cc1C. The van der Waals surface area contributed by atoms with Gasteiger partial charge in [-0.25, -0.2) is 8.42 Å². The van der Waals surface area contributed by atoms with Crippen LogP contribution in [0.2, 0.25) is 0 Å². The molecule has 0 saturated carbocycles. The minimum Gasteiger partial charge on any atom is -0.293 e. The molecule has 0 amide bonds. The average Bonchev–Trinajstić information content (AvgIpc) is 2.30. The number of hydrogen-bond donors (Lipinski definition) is 0. The fourth-order valence-corrected chi connectivity index (χ4v) is 3.40. The lowest BCUT2D eigenvalue weighted by molar-refractivity contribution is 0.102. The van der Waals surface area contributed by atoms with Crippen LogP contribution in [0, 0.1) is 20.8 Å². The van der Waals surface area contributed by atoms with Gasteiger partial charge in [0.1, 0.15) is 5.75 Å². The van der Waals surface area contributed by atoms with E-state index in [0.717, 1.165) is 23.1 Å². The van der Waals surface area contributed by atoms with Crippen molar-refractivity contribution in [2.75, 3.05) is 11.5 Å². The van der Waals surface area contributed by atoms with Crippen molar-refractivity contribution in [3.63, 3.8) is 0 Å². The van der Waals surface area contributed by atoms with Crippen LogP contribution < -0.4 is 0 Å². The molecule has 0 radical (unpaired) electrons. The maximum Gasteiger partial charge on any atom is 0.178 e. The van der Waals surface area contributed by atoms with E-state index < -0.39 is 9.84 Å². The standard InChI is InChI=1S/C15H22O3S/c1-5-6-7-19(17,18)10-15(16)14-9-12(3)11(2)8-13(14)4/h8-9H,5-7,10H2,1-4H3. The van der Waals surface area contributed by atoms with Crippen LogP contribution in [0.5, 0.6) is 0 Å². The van der Waals surface area contributed by atoms with Gasteiger partial charge in [0.05, 0.1) is 5.75 Å². The van der Waals surface area contributed by atoms with Crippen LogP contribution in [0.1, 0.15) is 46.8 Å². The first-order valence-corrected chi connectivity index (χ1v) is 8.40. The minimum absolute atomic E-state index is 0.0964. The summed E-state index contributed by atoms with van der Waals surface area (Å²) in [7, 11) is -3.28. The van der Waals surface area contributed by atoms with E-state index in [1.807, 2.05) is 33.8 Å². The first-order valence-electron chi connectivity index (χ1n) is 6.58. The lowest BCUT2D eigenvalue weighted by atomic mass is 9.99. The van der Waals surface area contributed by atoms with Crippen LogP contribution in [-0.2, 0) is 9.84 Å². The first kappa shape index (κ1) is 15.9. The Morgan fingerprint density at radius 3 is 2.21 bits per heavy atom. The molecule has 1 rings (SSSR count). The van der Waals surface area contributed by atoms with Crippen molar-refractivity contribution in [1.29, 1.82) is 0 Å². The molecule has 1 aromatic rings. The number of carbonyl (C=O) groups excluding carboxylic acids is 1. The molecule has 0 N–H and O–H groups in total. The number of Topliss-reactive ketones (excluding diaryl/α,β-unsaturated/α-hetero) is 1. The zero-order valence-corrected chi connectivity index (χ0v) is 12.9. The quantitative estimate of drug-likeness (QED) is 0.754. The lowest BCUT2D eigenvalue weighted by Gasteiger charge is -2.09. The molecule has 0 unspecified atom stereocenters. The largest absolute Gasteiger partial charge is 0.293 e. The molecule has 0 bridgehead atoms. The van der Waals surface area contributed by atoms with Crippen LogP contribution in [0.15, 0.2) is 12.1 Å². The number of sulfone groups is 1. The highest BCUT2D eigenvalue weighted by atomic mass is 32.2. The summed E-state index contributed by atoms with van der Waals surface area (Å²) in [6, 6.07) is 3.73. The number of hydrogen-bond acceptors (Lipinski definition) is 3. The molecule has 0 saturated heterocycles. The van der Waals surface area contributed by atoms with E-state index in [1.165, 1.54) is 0 Å². The van der Waals surface area contributed by atoms with Gasteiger partial charge in [-0.05, 0) is 49.9 Å². The maximum absolute atomic E-state index is 12.1. The van der Waals surface area contributed by atoms with E-state index in [1.54, 1.807) is 6.07 Å². The van der Waals surface area contributed by atoms with E-state index in [9.17, 15) is 13.2 Å². The molecule has 0 heterocycles. The molecular weight excluding hydrogens is 260 g/mol. The van der Waals surface area contributed by atoms with Crippen LogP contribution in [0.25, 0.3) is 0 Å². The molecule has 19 heavy (non-hydrogen) atoms. The highest BCUT2D eigenvalue weighted by molar-refractivity contribution is 7.92. The zero-order valence-electron chi connectivity index (χ0n) is 12.1. The van der Waals surface area contributed by atoms with Gasteiger partial charge in [0.2, 0.25) is 0 Å². The van der Waals surface area contributed by atoms with E-state index in [-0.39, 0.29) is 17.3 Å². The van der Waals surface area contributed by atoms with Gasteiger partial charge in [-0.1, -0.05) is 19.4 Å². The second-order valence-corrected chi connectivity index (χ2v) is 7.30. The fourth-order valence-electron chi connectivity index (χ4n) is 1.97. The predicted molar refractivity (Wildman–Crippen MR) is 78.5 cm³/mol. The summed E-state index contributed by atoms with van der Waals surface area (Å²) in [6.45, 7) is 7.69. The summed E-state index contributed by atoms with van der Waals surface area (Å²) < 4.78 is 23.6. The van der Waals surface area contributed by atoms with Crippen LogP contribution in [-0.4, -0.2) is 25.7 Å². The van der Waals surface area contributed by atoms with Crippen molar-refractivity contribution >= 4 is 15.6 Å². The summed E-state index contributed by atoms with van der Waals surface area (Å²) in [4.78, 5) is 12.1. The second-order valence-electron chi connectivity index (χ2n) is 5.12. The van der Waals surface area contributed by atoms with Crippen LogP contribution in [0.4, 0.5) is 0 Å². The third kappa shape index (κ3) is 4.46. The summed E-state index contributed by atoms with van der Waals surface area (Å²) >= 11 is 0. The number of ketones is 1. The summed E-state index contributed by atoms with van der Waals surface area (Å²) in [5.74, 6) is -0.577. The first-order chi connectivity index (χ1) is 8.76. The molecule has 0 aromatic heterocycles. The number of carbonyl (C=O) groups is 1. The van der Waals surface area contributed by atoms with Crippen molar-refractivity contribution in [3.05, 3.63) is 34.4 Å². The van der Waals surface area contributed by atoms with Crippen molar-refractivity contribution in [1.82, 2.24) is 0 Å². The molecule has 0 aliphatic rings. The van der Waals surface area contributed by atoms with Gasteiger partial charge in [-0.15, -0.1) is 0 Å². The number of unbranched alkanes of at least 4 members (excludes halogenated alkanes) is 1. The van der Waals surface area contributed by atoms with Crippen molar-refractivity contribution in [2.45, 2.75) is 40.5 Å². The van der Waals surface area contributed by atoms with Gasteiger partial charge in [0.15, 0.2) is 15.6 Å². The Morgan fingerprint density at radius 1 is 1.05 bits per heavy atom. The van der Waals surface area contributed by atoms with Gasteiger partial charge in [-0.2, -0.15) is 0 Å². The third-order valence-electron chi connectivity index (χ3n) is 3.30. The Kier molecular flexibility index (Phi) is 5.29. The van der Waals surface area contributed by atoms with Crippen molar-refractivity contribution < 1.29 is 13.2 Å². The number of rotatable bonds is 6. The third-order valence-corrected chi connectivity index (χ3v) is 4.91. The molecule has 1 aromatic carbocycles. The van der Waals surface area contributed by atoms with Gasteiger partial charge in [0.25, 0.3) is 0 Å². The zero-order chi connectivity index (χ0) is 14.6. The lowest BCUT2D eigenvalue weighted by Crippen LogP contribution is -2.20. The predicted octanol–water partition coefficient (Wildman–Crippen LogP) is 3.01. The number of aryl methyl sites for hydroxylation is 3. The maximum atomic E-state index is 12.1. The van der Waals surface area contributed by atoms with E-state index >= 15 is 0 Å². The molecule has 0 atom stereocenters. The van der Waals surface area contributed by atoms with E-state index in [0.29, 0.717) is 12.0 Å².